The van der Waals surface area contributed by atoms with Gasteiger partial charge >= 0.3 is 0 Å². The lowest BCUT2D eigenvalue weighted by Gasteiger charge is -2.30. The lowest BCUT2D eigenvalue weighted by atomic mass is 10.1. The average molecular weight is 329 g/mol. The number of nitrogens with zero attached hydrogens (tertiary/aromatic N) is 2. The molecule has 0 spiro atoms. The highest BCUT2D eigenvalue weighted by atomic mass is 32.2. The third-order valence-corrected chi connectivity index (χ3v) is 7.03. The van der Waals surface area contributed by atoms with Gasteiger partial charge in [0.05, 0.1) is 18.1 Å². The highest BCUT2D eigenvalue weighted by Crippen LogP contribution is 2.21. The number of fused-ring (bicyclic) bond motifs is 2. The summed E-state index contributed by atoms with van der Waals surface area (Å²) >= 11 is 0. The van der Waals surface area contributed by atoms with E-state index in [4.69, 9.17) is 0 Å². The average Bonchev–Trinajstić information content (AvgIpc) is 2.96. The topological polar surface area (TPSA) is 69.7 Å². The first-order valence-corrected chi connectivity index (χ1v) is 10.3. The number of sulfone groups is 1. The number of hydrogen-bond acceptors (Lipinski definition) is 5. The standard InChI is InChI=1S/C15H27N3O3S/c1-2-18(14-6-8-22(20,21)11-14)15(19)10-17-7-5-12-3-4-13(9-17)16-12/h12-14,16H,2-11H2,1H3. The zero-order valence-corrected chi connectivity index (χ0v) is 14.1. The molecule has 0 radical (unpaired) electrons. The molecule has 0 aromatic rings. The van der Waals surface area contributed by atoms with Gasteiger partial charge in [-0.3, -0.25) is 9.69 Å². The van der Waals surface area contributed by atoms with Crippen molar-refractivity contribution in [1.29, 1.82) is 0 Å². The van der Waals surface area contributed by atoms with E-state index in [9.17, 15) is 13.2 Å². The Balaban J connectivity index is 1.58. The van der Waals surface area contributed by atoms with E-state index < -0.39 is 9.84 Å². The molecule has 3 saturated heterocycles. The molecule has 126 valence electrons. The molecule has 3 aliphatic rings. The molecule has 1 N–H and O–H groups in total. The van der Waals surface area contributed by atoms with E-state index in [1.807, 2.05) is 6.92 Å². The second-order valence-corrected chi connectivity index (χ2v) is 9.13. The number of carbonyl (C=O) groups excluding carboxylic acids is 1. The van der Waals surface area contributed by atoms with Crippen molar-refractivity contribution >= 4 is 15.7 Å². The molecule has 0 aliphatic carbocycles. The summed E-state index contributed by atoms with van der Waals surface area (Å²) in [6.45, 7) is 4.85. The quantitative estimate of drug-likeness (QED) is 0.777. The fourth-order valence-corrected chi connectivity index (χ4v) is 5.83. The second kappa shape index (κ2) is 6.45. The van der Waals surface area contributed by atoms with Crippen molar-refractivity contribution in [3.63, 3.8) is 0 Å². The molecule has 3 heterocycles. The Morgan fingerprint density at radius 1 is 1.23 bits per heavy atom. The summed E-state index contributed by atoms with van der Waals surface area (Å²) in [5.74, 6) is 0.444. The molecule has 6 nitrogen and oxygen atoms in total. The van der Waals surface area contributed by atoms with Gasteiger partial charge in [-0.2, -0.15) is 0 Å². The summed E-state index contributed by atoms with van der Waals surface area (Å²) in [4.78, 5) is 16.6. The minimum Gasteiger partial charge on any atom is -0.338 e. The Hall–Kier alpha value is -0.660. The zero-order chi connectivity index (χ0) is 15.7. The van der Waals surface area contributed by atoms with Gasteiger partial charge in [0, 0.05) is 37.8 Å². The van der Waals surface area contributed by atoms with Gasteiger partial charge in [-0.1, -0.05) is 0 Å². The summed E-state index contributed by atoms with van der Waals surface area (Å²) in [5.41, 5.74) is 0. The Morgan fingerprint density at radius 3 is 2.68 bits per heavy atom. The van der Waals surface area contributed by atoms with Crippen molar-refractivity contribution in [2.45, 2.75) is 50.7 Å². The fraction of sp³-hybridized carbons (Fsp3) is 0.933. The van der Waals surface area contributed by atoms with Crippen LogP contribution in [0.3, 0.4) is 0 Å². The van der Waals surface area contributed by atoms with Crippen LogP contribution in [0, 0.1) is 0 Å². The number of nitrogens with one attached hydrogen (secondary N) is 1. The number of carbonyl (C=O) groups is 1. The van der Waals surface area contributed by atoms with Gasteiger partial charge in [-0.25, -0.2) is 8.42 Å². The van der Waals surface area contributed by atoms with Gasteiger partial charge in [0.2, 0.25) is 5.91 Å². The molecule has 0 aromatic heterocycles. The van der Waals surface area contributed by atoms with E-state index in [2.05, 4.69) is 10.2 Å². The first-order chi connectivity index (χ1) is 10.5. The van der Waals surface area contributed by atoms with Crippen LogP contribution in [0.2, 0.25) is 0 Å². The number of likely N-dealkylation sites (N-methyl/N-ethyl adjacent to an activating group) is 1. The van der Waals surface area contributed by atoms with Crippen LogP contribution in [0.4, 0.5) is 0 Å². The molecule has 3 rings (SSSR count). The van der Waals surface area contributed by atoms with E-state index in [0.717, 1.165) is 19.5 Å². The largest absolute Gasteiger partial charge is 0.338 e. The molecule has 22 heavy (non-hydrogen) atoms. The monoisotopic (exact) mass is 329 g/mol. The molecular formula is C15H27N3O3S. The fourth-order valence-electron chi connectivity index (χ4n) is 4.10. The molecule has 0 aromatic carbocycles. The Morgan fingerprint density at radius 2 is 2.00 bits per heavy atom. The van der Waals surface area contributed by atoms with Crippen molar-refractivity contribution < 1.29 is 13.2 Å². The van der Waals surface area contributed by atoms with Crippen LogP contribution < -0.4 is 5.32 Å². The van der Waals surface area contributed by atoms with Crippen LogP contribution in [0.5, 0.6) is 0 Å². The highest BCUT2D eigenvalue weighted by molar-refractivity contribution is 7.91. The van der Waals surface area contributed by atoms with Gasteiger partial charge in [-0.05, 0) is 32.6 Å². The normalized spacial score (nSPS) is 34.5. The second-order valence-electron chi connectivity index (χ2n) is 6.90. The molecule has 1 amide bonds. The maximum atomic E-state index is 12.6. The van der Waals surface area contributed by atoms with E-state index in [-0.39, 0.29) is 23.5 Å². The molecule has 3 atom stereocenters. The first kappa shape index (κ1) is 16.2. The predicted molar refractivity (Wildman–Crippen MR) is 85.4 cm³/mol. The minimum atomic E-state index is -2.95. The third kappa shape index (κ3) is 3.63. The molecule has 2 bridgehead atoms. The highest BCUT2D eigenvalue weighted by Gasteiger charge is 2.35. The van der Waals surface area contributed by atoms with Gasteiger partial charge in [0.15, 0.2) is 9.84 Å². The van der Waals surface area contributed by atoms with E-state index >= 15 is 0 Å². The van der Waals surface area contributed by atoms with Crippen molar-refractivity contribution in [1.82, 2.24) is 15.1 Å². The van der Waals surface area contributed by atoms with Crippen LogP contribution in [0.1, 0.15) is 32.6 Å². The molecule has 0 saturated carbocycles. The van der Waals surface area contributed by atoms with Crippen molar-refractivity contribution in [3.8, 4) is 0 Å². The number of hydrogen-bond donors (Lipinski definition) is 1. The Labute approximate surface area is 133 Å². The summed E-state index contributed by atoms with van der Waals surface area (Å²) in [7, 11) is -2.95. The third-order valence-electron chi connectivity index (χ3n) is 5.28. The van der Waals surface area contributed by atoms with Gasteiger partial charge < -0.3 is 10.2 Å². The number of likely N-dealkylation sites (tertiary alicyclic amines) is 1. The summed E-state index contributed by atoms with van der Waals surface area (Å²) in [6, 6.07) is 1.01. The maximum Gasteiger partial charge on any atom is 0.237 e. The van der Waals surface area contributed by atoms with Gasteiger partial charge in [-0.15, -0.1) is 0 Å². The number of rotatable bonds is 4. The lowest BCUT2D eigenvalue weighted by molar-refractivity contribution is -0.134. The Bertz CT molecular complexity index is 522. The van der Waals surface area contributed by atoms with Crippen LogP contribution in [0.25, 0.3) is 0 Å². The minimum absolute atomic E-state index is 0.0855. The van der Waals surface area contributed by atoms with E-state index in [1.165, 1.54) is 12.8 Å². The van der Waals surface area contributed by atoms with Gasteiger partial charge in [0.25, 0.3) is 0 Å². The van der Waals surface area contributed by atoms with Crippen molar-refractivity contribution in [3.05, 3.63) is 0 Å². The molecule has 3 aliphatic heterocycles. The van der Waals surface area contributed by atoms with Crippen LogP contribution >= 0.6 is 0 Å². The maximum absolute atomic E-state index is 12.6. The summed E-state index contributed by atoms with van der Waals surface area (Å²) in [6.07, 6.45) is 4.16. The molecular weight excluding hydrogens is 302 g/mol. The summed E-state index contributed by atoms with van der Waals surface area (Å²) in [5, 5.41) is 3.62. The smallest absolute Gasteiger partial charge is 0.237 e. The number of amides is 1. The lowest BCUT2D eigenvalue weighted by Crippen LogP contribution is -2.47. The van der Waals surface area contributed by atoms with Crippen LogP contribution in [-0.4, -0.2) is 79.9 Å². The van der Waals surface area contributed by atoms with Crippen LogP contribution in [-0.2, 0) is 14.6 Å². The van der Waals surface area contributed by atoms with Crippen LogP contribution in [0.15, 0.2) is 0 Å². The van der Waals surface area contributed by atoms with E-state index in [1.54, 1.807) is 4.90 Å². The van der Waals surface area contributed by atoms with E-state index in [0.29, 0.717) is 31.6 Å². The zero-order valence-electron chi connectivity index (χ0n) is 13.3. The molecule has 7 heteroatoms. The van der Waals surface area contributed by atoms with Crippen molar-refractivity contribution in [2.24, 2.45) is 0 Å². The Kier molecular flexibility index (Phi) is 4.75. The predicted octanol–water partition coefficient (Wildman–Crippen LogP) is -0.152. The molecule has 3 fully saturated rings. The molecule has 3 unspecified atom stereocenters. The van der Waals surface area contributed by atoms with Crippen molar-refractivity contribution in [2.75, 3.05) is 37.7 Å². The summed E-state index contributed by atoms with van der Waals surface area (Å²) < 4.78 is 23.3. The van der Waals surface area contributed by atoms with Gasteiger partial charge in [0.1, 0.15) is 0 Å². The SMILES string of the molecule is CCN(C(=O)CN1CCC2CCC(C1)N2)C1CCS(=O)(=O)C1. The first-order valence-electron chi connectivity index (χ1n) is 8.45.